The largest absolute Gasteiger partial charge is 0.347 e. The van der Waals surface area contributed by atoms with Crippen LogP contribution in [0.3, 0.4) is 0 Å². The summed E-state index contributed by atoms with van der Waals surface area (Å²) in [6.45, 7) is 5.78. The molecule has 0 bridgehead atoms. The van der Waals surface area contributed by atoms with Crippen molar-refractivity contribution in [1.82, 2.24) is 9.13 Å². The molecule has 0 spiro atoms. The van der Waals surface area contributed by atoms with E-state index in [0.29, 0.717) is 11.8 Å². The number of alkyl halides is 2. The Morgan fingerprint density at radius 2 is 1.12 bits per heavy atom. The summed E-state index contributed by atoms with van der Waals surface area (Å²) in [6, 6.07) is 12.4. The molecule has 0 atom stereocenters. The van der Waals surface area contributed by atoms with Crippen LogP contribution in [-0.4, -0.2) is 33.5 Å². The number of aldehydes is 2. The van der Waals surface area contributed by atoms with Crippen LogP contribution in [0.1, 0.15) is 44.7 Å². The van der Waals surface area contributed by atoms with E-state index < -0.39 is 0 Å². The van der Waals surface area contributed by atoms with E-state index >= 15 is 0 Å². The number of fused-ring (bicyclic) bond motifs is 2. The fourth-order valence-corrected chi connectivity index (χ4v) is 4.13. The maximum atomic E-state index is 11.0. The summed E-state index contributed by atoms with van der Waals surface area (Å²) in [5.41, 5.74) is 6.08. The van der Waals surface area contributed by atoms with E-state index in [4.69, 9.17) is 23.2 Å². The van der Waals surface area contributed by atoms with Crippen molar-refractivity contribution >= 4 is 57.6 Å². The molecule has 2 aromatic carbocycles. The quantitative estimate of drug-likeness (QED) is 0.210. The maximum absolute atomic E-state index is 11.0. The van der Waals surface area contributed by atoms with Crippen LogP contribution in [0, 0.1) is 13.8 Å². The molecule has 0 saturated carbocycles. The normalized spacial score (nSPS) is 10.9. The highest BCUT2D eigenvalue weighted by molar-refractivity contribution is 6.18. The van der Waals surface area contributed by atoms with Gasteiger partial charge in [0.25, 0.3) is 0 Å². The van der Waals surface area contributed by atoms with Crippen molar-refractivity contribution in [2.45, 2.75) is 39.8 Å². The third kappa shape index (κ3) is 5.43. The third-order valence-corrected chi connectivity index (χ3v) is 5.99. The van der Waals surface area contributed by atoms with E-state index in [1.807, 2.05) is 26.2 Å². The Morgan fingerprint density at radius 3 is 1.47 bits per heavy atom. The van der Waals surface area contributed by atoms with E-state index in [1.54, 1.807) is 0 Å². The summed E-state index contributed by atoms with van der Waals surface area (Å²) >= 11 is 11.4. The number of hydrogen-bond donors (Lipinski definition) is 0. The molecule has 6 heteroatoms. The van der Waals surface area contributed by atoms with Crippen molar-refractivity contribution in [3.8, 4) is 0 Å². The number of carbonyl (C=O) groups excluding carboxylic acids is 2. The third-order valence-electron chi connectivity index (χ3n) is 5.45. The lowest BCUT2D eigenvalue weighted by atomic mass is 10.1. The van der Waals surface area contributed by atoms with E-state index in [2.05, 4.69) is 45.5 Å². The molecule has 0 aliphatic carbocycles. The Bertz CT molecular complexity index is 1130. The van der Waals surface area contributed by atoms with Crippen LogP contribution in [0.15, 0.2) is 48.8 Å². The molecule has 32 heavy (non-hydrogen) atoms. The zero-order chi connectivity index (χ0) is 23.1. The lowest BCUT2D eigenvalue weighted by molar-refractivity contribution is 0.111. The van der Waals surface area contributed by atoms with Gasteiger partial charge in [-0.2, -0.15) is 0 Å². The van der Waals surface area contributed by atoms with Crippen molar-refractivity contribution in [2.24, 2.45) is 0 Å². The van der Waals surface area contributed by atoms with Crippen LogP contribution < -0.4 is 0 Å². The fraction of sp³-hybridized carbons (Fsp3) is 0.308. The van der Waals surface area contributed by atoms with Crippen LogP contribution in [0.4, 0.5) is 0 Å². The molecular formula is C26H28Cl2N2O2. The van der Waals surface area contributed by atoms with Gasteiger partial charge in [0.2, 0.25) is 0 Å². The summed E-state index contributed by atoms with van der Waals surface area (Å²) in [4.78, 5) is 22.0. The van der Waals surface area contributed by atoms with Gasteiger partial charge in [0.15, 0.2) is 12.6 Å². The van der Waals surface area contributed by atoms with Crippen molar-refractivity contribution in [3.05, 3.63) is 71.0 Å². The van der Waals surface area contributed by atoms with Gasteiger partial charge in [-0.15, -0.1) is 23.2 Å². The van der Waals surface area contributed by atoms with Crippen LogP contribution in [0.2, 0.25) is 0 Å². The zero-order valence-corrected chi connectivity index (χ0v) is 20.0. The second kappa shape index (κ2) is 11.3. The second-order valence-corrected chi connectivity index (χ2v) is 8.67. The monoisotopic (exact) mass is 470 g/mol. The summed E-state index contributed by atoms with van der Waals surface area (Å²) in [6.07, 6.45) is 7.47. The van der Waals surface area contributed by atoms with E-state index in [9.17, 15) is 9.59 Å². The number of aromatic nitrogens is 2. The first-order valence-corrected chi connectivity index (χ1v) is 11.8. The summed E-state index contributed by atoms with van der Waals surface area (Å²) < 4.78 is 4.20. The molecule has 4 nitrogen and oxygen atoms in total. The molecule has 0 fully saturated rings. The van der Waals surface area contributed by atoms with Crippen LogP contribution >= 0.6 is 23.2 Å². The van der Waals surface area contributed by atoms with Gasteiger partial charge in [-0.1, -0.05) is 23.3 Å². The molecule has 0 aliphatic rings. The molecule has 4 aromatic rings. The van der Waals surface area contributed by atoms with Gasteiger partial charge >= 0.3 is 0 Å². The van der Waals surface area contributed by atoms with Crippen LogP contribution in [-0.2, 0) is 13.1 Å². The smallest absolute Gasteiger partial charge is 0.152 e. The first-order chi connectivity index (χ1) is 15.5. The van der Waals surface area contributed by atoms with E-state index in [-0.39, 0.29) is 0 Å². The fourth-order valence-electron chi connectivity index (χ4n) is 3.90. The average Bonchev–Trinajstić information content (AvgIpc) is 3.33. The van der Waals surface area contributed by atoms with Crippen molar-refractivity contribution in [2.75, 3.05) is 11.8 Å². The Labute approximate surface area is 198 Å². The highest BCUT2D eigenvalue weighted by atomic mass is 35.5. The van der Waals surface area contributed by atoms with Gasteiger partial charge in [-0.25, -0.2) is 0 Å². The molecule has 0 N–H and O–H groups in total. The Morgan fingerprint density at radius 1 is 0.719 bits per heavy atom. The molecule has 0 amide bonds. The summed E-state index contributed by atoms with van der Waals surface area (Å²) in [5, 5.41) is 2.06. The van der Waals surface area contributed by atoms with Crippen molar-refractivity contribution in [1.29, 1.82) is 0 Å². The Balaban J connectivity index is 0.000000181. The molecule has 4 rings (SSSR count). The molecule has 2 heterocycles. The first-order valence-electron chi connectivity index (χ1n) is 10.7. The lowest BCUT2D eigenvalue weighted by Gasteiger charge is -2.03. The van der Waals surface area contributed by atoms with Crippen LogP contribution in [0.25, 0.3) is 21.8 Å². The highest BCUT2D eigenvalue weighted by Gasteiger charge is 2.08. The number of nitrogens with zero attached hydrogens (tertiary/aromatic N) is 2. The minimum Gasteiger partial charge on any atom is -0.347 e. The van der Waals surface area contributed by atoms with Crippen LogP contribution in [0.5, 0.6) is 0 Å². The predicted molar refractivity (Wildman–Crippen MR) is 135 cm³/mol. The number of rotatable bonds is 8. The molecule has 2 aromatic heterocycles. The summed E-state index contributed by atoms with van der Waals surface area (Å²) in [7, 11) is 0. The number of halogens is 2. The highest BCUT2D eigenvalue weighted by Crippen LogP contribution is 2.23. The lowest BCUT2D eigenvalue weighted by Crippen LogP contribution is -1.96. The topological polar surface area (TPSA) is 44.0 Å². The molecule has 168 valence electrons. The van der Waals surface area contributed by atoms with Gasteiger partial charge in [-0.3, -0.25) is 9.59 Å². The minimum absolute atomic E-state index is 0.641. The molecule has 0 aliphatic heterocycles. The molecule has 0 radical (unpaired) electrons. The Kier molecular flexibility index (Phi) is 8.54. The maximum Gasteiger partial charge on any atom is 0.152 e. The first kappa shape index (κ1) is 24.1. The number of hydrogen-bond acceptors (Lipinski definition) is 2. The number of benzene rings is 2. The van der Waals surface area contributed by atoms with Gasteiger partial charge < -0.3 is 9.13 Å². The SMILES string of the molecule is Cc1ccc2c(c1)c(C=O)cn2CCCCl.Cc1ccc2c(c1)c(C=O)cn2CCCCl. The van der Waals surface area contributed by atoms with Gasteiger partial charge in [0, 0.05) is 70.2 Å². The molecule has 0 saturated heterocycles. The minimum atomic E-state index is 0.641. The number of aryl methyl sites for hydroxylation is 4. The molecule has 0 unspecified atom stereocenters. The van der Waals surface area contributed by atoms with Crippen molar-refractivity contribution < 1.29 is 9.59 Å². The zero-order valence-electron chi connectivity index (χ0n) is 18.5. The van der Waals surface area contributed by atoms with E-state index in [1.165, 1.54) is 11.1 Å². The standard InChI is InChI=1S/2C13H14ClNO/c2*1-10-3-4-13-12(7-10)11(9-16)8-15(13)6-2-5-14/h2*3-4,7-9H,2,5-6H2,1H3. The average molecular weight is 471 g/mol. The Hall–Kier alpha value is -2.56. The number of carbonyl (C=O) groups is 2. The van der Waals surface area contributed by atoms with Gasteiger partial charge in [0.1, 0.15) is 0 Å². The molecular weight excluding hydrogens is 443 g/mol. The van der Waals surface area contributed by atoms with Crippen molar-refractivity contribution in [3.63, 3.8) is 0 Å². The van der Waals surface area contributed by atoms with Gasteiger partial charge in [-0.05, 0) is 51.0 Å². The second-order valence-electron chi connectivity index (χ2n) is 7.92. The summed E-state index contributed by atoms with van der Waals surface area (Å²) in [5.74, 6) is 1.28. The van der Waals surface area contributed by atoms with Gasteiger partial charge in [0.05, 0.1) is 0 Å². The van der Waals surface area contributed by atoms with E-state index in [0.717, 1.165) is 71.4 Å². The predicted octanol–water partition coefficient (Wildman–Crippen LogP) is 6.78.